The summed E-state index contributed by atoms with van der Waals surface area (Å²) in [4.78, 5) is 10.9. The van der Waals surface area contributed by atoms with Gasteiger partial charge >= 0.3 is 5.97 Å². The van der Waals surface area contributed by atoms with Gasteiger partial charge in [0.1, 0.15) is 0 Å². The van der Waals surface area contributed by atoms with Gasteiger partial charge < -0.3 is 9.22 Å². The first kappa shape index (κ1) is 16.4. The van der Waals surface area contributed by atoms with E-state index in [1.54, 1.807) is 0 Å². The third-order valence-corrected chi connectivity index (χ3v) is 2.94. The minimum absolute atomic E-state index is 0.0760. The molecule has 0 N–H and O–H groups in total. The number of unbranched alkanes of at least 4 members (excludes halogenated alkanes) is 6. The molecule has 0 bridgehead atoms. The lowest BCUT2D eigenvalue weighted by molar-refractivity contribution is -0.870. The van der Waals surface area contributed by atoms with Crippen molar-refractivity contribution < 1.29 is 14.0 Å². The van der Waals surface area contributed by atoms with Crippen LogP contribution < -0.4 is 0 Å². The van der Waals surface area contributed by atoms with Crippen LogP contribution in [0.25, 0.3) is 0 Å². The molecule has 0 saturated carbocycles. The molecular weight excluding hydrogens is 214 g/mol. The molecule has 0 fully saturated rings. The Balaban J connectivity index is 3.12. The van der Waals surface area contributed by atoms with E-state index in [0.717, 1.165) is 17.3 Å². The molecule has 3 heteroatoms. The molecular formula is C14H30NO2+. The Labute approximate surface area is 107 Å². The second kappa shape index (κ2) is 9.46. The lowest BCUT2D eigenvalue weighted by Gasteiger charge is -2.23. The molecule has 0 aliphatic rings. The van der Waals surface area contributed by atoms with Gasteiger partial charge in [-0.05, 0) is 19.3 Å². The van der Waals surface area contributed by atoms with Crippen LogP contribution in [0.5, 0.6) is 0 Å². The first-order valence-electron chi connectivity index (χ1n) is 6.83. The molecule has 0 amide bonds. The highest BCUT2D eigenvalue weighted by Crippen LogP contribution is 2.09. The zero-order valence-electron chi connectivity index (χ0n) is 12.1. The van der Waals surface area contributed by atoms with Crippen molar-refractivity contribution >= 4 is 5.97 Å². The first-order chi connectivity index (χ1) is 7.95. The van der Waals surface area contributed by atoms with Gasteiger partial charge in [0.15, 0.2) is 0 Å². The fourth-order valence-corrected chi connectivity index (χ4v) is 1.84. The van der Waals surface area contributed by atoms with Crippen LogP contribution in [0.2, 0.25) is 0 Å². The van der Waals surface area contributed by atoms with Crippen molar-refractivity contribution in [3.05, 3.63) is 0 Å². The molecule has 0 aliphatic carbocycles. The molecule has 0 aliphatic heterocycles. The van der Waals surface area contributed by atoms with Crippen LogP contribution in [-0.2, 0) is 9.53 Å². The standard InChI is InChI=1S/C14H30NO2/c1-15(2,3)13-11-9-7-5-6-8-10-12-14(16)17-4/h5-13H2,1-4H3/q+1. The predicted octanol–water partition coefficient (Wildman–Crippen LogP) is 2.99. The van der Waals surface area contributed by atoms with E-state index in [1.165, 1.54) is 45.8 Å². The van der Waals surface area contributed by atoms with Crippen molar-refractivity contribution in [1.82, 2.24) is 0 Å². The zero-order chi connectivity index (χ0) is 13.1. The molecule has 0 aromatic rings. The normalized spacial score (nSPS) is 11.5. The Morgan fingerprint density at radius 3 is 1.82 bits per heavy atom. The number of ether oxygens (including phenoxy) is 1. The van der Waals surface area contributed by atoms with Gasteiger partial charge in [-0.3, -0.25) is 4.79 Å². The highest BCUT2D eigenvalue weighted by Gasteiger charge is 2.05. The molecule has 0 saturated heterocycles. The van der Waals surface area contributed by atoms with E-state index >= 15 is 0 Å². The van der Waals surface area contributed by atoms with E-state index in [-0.39, 0.29) is 5.97 Å². The van der Waals surface area contributed by atoms with Crippen LogP contribution in [0.15, 0.2) is 0 Å². The minimum Gasteiger partial charge on any atom is -0.469 e. The van der Waals surface area contributed by atoms with Gasteiger partial charge in [-0.15, -0.1) is 0 Å². The molecule has 0 heterocycles. The van der Waals surface area contributed by atoms with Crippen LogP contribution in [0.4, 0.5) is 0 Å². The summed E-state index contributed by atoms with van der Waals surface area (Å²) in [5.74, 6) is -0.0760. The molecule has 0 rings (SSSR count). The van der Waals surface area contributed by atoms with Crippen LogP contribution in [0.1, 0.15) is 51.4 Å². The minimum atomic E-state index is -0.0760. The number of rotatable bonds is 10. The summed E-state index contributed by atoms with van der Waals surface area (Å²) >= 11 is 0. The van der Waals surface area contributed by atoms with Crippen LogP contribution >= 0.6 is 0 Å². The Morgan fingerprint density at radius 2 is 1.35 bits per heavy atom. The zero-order valence-corrected chi connectivity index (χ0v) is 12.1. The third kappa shape index (κ3) is 13.4. The maximum Gasteiger partial charge on any atom is 0.305 e. The van der Waals surface area contributed by atoms with E-state index < -0.39 is 0 Å². The van der Waals surface area contributed by atoms with Crippen molar-refractivity contribution in [1.29, 1.82) is 0 Å². The van der Waals surface area contributed by atoms with Crippen molar-refractivity contribution in [2.75, 3.05) is 34.8 Å². The maximum absolute atomic E-state index is 10.9. The molecule has 0 unspecified atom stereocenters. The Hall–Kier alpha value is -0.570. The highest BCUT2D eigenvalue weighted by molar-refractivity contribution is 5.68. The highest BCUT2D eigenvalue weighted by atomic mass is 16.5. The molecule has 0 atom stereocenters. The lowest BCUT2D eigenvalue weighted by atomic mass is 10.1. The van der Waals surface area contributed by atoms with E-state index in [1.807, 2.05) is 0 Å². The third-order valence-electron chi connectivity index (χ3n) is 2.94. The van der Waals surface area contributed by atoms with Gasteiger partial charge in [0, 0.05) is 6.42 Å². The molecule has 0 aromatic carbocycles. The molecule has 17 heavy (non-hydrogen) atoms. The molecule has 3 nitrogen and oxygen atoms in total. The van der Waals surface area contributed by atoms with Crippen LogP contribution in [0.3, 0.4) is 0 Å². The monoisotopic (exact) mass is 244 g/mol. The second-order valence-electron chi connectivity index (χ2n) is 5.81. The molecule has 0 aromatic heterocycles. The molecule has 0 radical (unpaired) electrons. The lowest BCUT2D eigenvalue weighted by Crippen LogP contribution is -2.35. The molecule has 0 spiro atoms. The number of carbonyl (C=O) groups excluding carboxylic acids is 1. The average Bonchev–Trinajstić information content (AvgIpc) is 2.25. The number of hydrogen-bond acceptors (Lipinski definition) is 2. The maximum atomic E-state index is 10.9. The number of esters is 1. The number of quaternary nitrogens is 1. The van der Waals surface area contributed by atoms with Crippen LogP contribution in [0, 0.1) is 0 Å². The van der Waals surface area contributed by atoms with E-state index in [0.29, 0.717) is 6.42 Å². The van der Waals surface area contributed by atoms with Crippen molar-refractivity contribution in [2.45, 2.75) is 51.4 Å². The summed E-state index contributed by atoms with van der Waals surface area (Å²) in [5, 5.41) is 0. The summed E-state index contributed by atoms with van der Waals surface area (Å²) in [6.07, 6.45) is 9.27. The topological polar surface area (TPSA) is 26.3 Å². The summed E-state index contributed by atoms with van der Waals surface area (Å²) in [6.45, 7) is 1.27. The quantitative estimate of drug-likeness (QED) is 0.335. The van der Waals surface area contributed by atoms with Gasteiger partial charge in [0.25, 0.3) is 0 Å². The van der Waals surface area contributed by atoms with Gasteiger partial charge in [0.05, 0.1) is 34.8 Å². The number of nitrogens with zero attached hydrogens (tertiary/aromatic N) is 1. The van der Waals surface area contributed by atoms with E-state index in [9.17, 15) is 4.79 Å². The second-order valence-corrected chi connectivity index (χ2v) is 5.81. The van der Waals surface area contributed by atoms with Gasteiger partial charge in [-0.25, -0.2) is 0 Å². The van der Waals surface area contributed by atoms with E-state index in [2.05, 4.69) is 25.9 Å². The SMILES string of the molecule is COC(=O)CCCCCCCCC[N+](C)(C)C. The van der Waals surface area contributed by atoms with Crippen molar-refractivity contribution in [3.63, 3.8) is 0 Å². The molecule has 102 valence electrons. The van der Waals surface area contributed by atoms with Crippen molar-refractivity contribution in [3.8, 4) is 0 Å². The summed E-state index contributed by atoms with van der Waals surface area (Å²) < 4.78 is 5.67. The van der Waals surface area contributed by atoms with Crippen molar-refractivity contribution in [2.24, 2.45) is 0 Å². The number of hydrogen-bond donors (Lipinski definition) is 0. The predicted molar refractivity (Wildman–Crippen MR) is 71.9 cm³/mol. The Morgan fingerprint density at radius 1 is 0.882 bits per heavy atom. The van der Waals surface area contributed by atoms with Crippen LogP contribution in [-0.4, -0.2) is 45.2 Å². The summed E-state index contributed by atoms with van der Waals surface area (Å²) in [5.41, 5.74) is 0. The number of carbonyl (C=O) groups is 1. The van der Waals surface area contributed by atoms with E-state index in [4.69, 9.17) is 0 Å². The fraction of sp³-hybridized carbons (Fsp3) is 0.929. The smallest absolute Gasteiger partial charge is 0.305 e. The van der Waals surface area contributed by atoms with Gasteiger partial charge in [-0.1, -0.05) is 25.7 Å². The largest absolute Gasteiger partial charge is 0.469 e. The Bertz CT molecular complexity index is 197. The van der Waals surface area contributed by atoms with Gasteiger partial charge in [-0.2, -0.15) is 0 Å². The number of methoxy groups -OCH3 is 1. The Kier molecular flexibility index (Phi) is 9.14. The average molecular weight is 244 g/mol. The summed E-state index contributed by atoms with van der Waals surface area (Å²) in [7, 11) is 8.18. The first-order valence-corrected chi connectivity index (χ1v) is 6.83. The summed E-state index contributed by atoms with van der Waals surface area (Å²) in [6, 6.07) is 0. The fourth-order valence-electron chi connectivity index (χ4n) is 1.84. The van der Waals surface area contributed by atoms with Gasteiger partial charge in [0.2, 0.25) is 0 Å².